The molecule has 0 spiro atoms. The lowest BCUT2D eigenvalue weighted by Gasteiger charge is -2.01. The Morgan fingerprint density at radius 3 is 2.67 bits per heavy atom. The Balaban J connectivity index is 2.60. The molecule has 0 radical (unpaired) electrons. The first kappa shape index (κ1) is 6.46. The topological polar surface area (TPSA) is 40.9 Å². The summed E-state index contributed by atoms with van der Waals surface area (Å²) in [5, 5.41) is 7.20. The number of Topliss-reactive ketones (excluding diaryl/α,β-unsaturated/α-hetero) is 1. The van der Waals surface area contributed by atoms with E-state index < -0.39 is 0 Å². The van der Waals surface area contributed by atoms with Gasteiger partial charge in [-0.2, -0.15) is 0 Å². The van der Waals surface area contributed by atoms with E-state index in [0.29, 0.717) is 12.1 Å². The number of hydrogen-bond donors (Lipinski definition) is 1. The molecule has 50 valence electrons. The predicted molar refractivity (Wildman–Crippen MR) is 35.7 cm³/mol. The van der Waals surface area contributed by atoms with Gasteiger partial charge in [0.25, 0.3) is 0 Å². The molecule has 0 heterocycles. The Kier molecular flexibility index (Phi) is 1.65. The molecule has 0 bridgehead atoms. The van der Waals surface area contributed by atoms with E-state index in [9.17, 15) is 4.79 Å². The molecule has 0 amide bonds. The van der Waals surface area contributed by atoms with Crippen molar-refractivity contribution in [3.8, 4) is 0 Å². The van der Waals surface area contributed by atoms with Crippen molar-refractivity contribution >= 4 is 11.5 Å². The monoisotopic (exact) mass is 125 g/mol. The maximum atomic E-state index is 10.9. The van der Waals surface area contributed by atoms with Crippen LogP contribution in [0.3, 0.4) is 0 Å². The minimum Gasteiger partial charge on any atom is -0.309 e. The van der Waals surface area contributed by atoms with Gasteiger partial charge in [0.1, 0.15) is 5.78 Å². The smallest absolute Gasteiger partial charge is 0.141 e. The van der Waals surface area contributed by atoms with Crippen molar-refractivity contribution in [3.63, 3.8) is 0 Å². The molecule has 9 heavy (non-hydrogen) atoms. The normalized spacial score (nSPS) is 26.8. The Labute approximate surface area is 54.8 Å². The first-order valence-corrected chi connectivity index (χ1v) is 3.29. The highest BCUT2D eigenvalue weighted by Gasteiger charge is 2.25. The molecule has 2 nitrogen and oxygen atoms in total. The second-order valence-electron chi connectivity index (χ2n) is 2.59. The third-order valence-electron chi connectivity index (χ3n) is 1.83. The van der Waals surface area contributed by atoms with Crippen LogP contribution in [0.2, 0.25) is 0 Å². The fourth-order valence-electron chi connectivity index (χ4n) is 1.27. The van der Waals surface area contributed by atoms with Gasteiger partial charge in [0.2, 0.25) is 0 Å². The van der Waals surface area contributed by atoms with Crippen LogP contribution >= 0.6 is 0 Å². The largest absolute Gasteiger partial charge is 0.309 e. The van der Waals surface area contributed by atoms with E-state index in [1.165, 1.54) is 0 Å². The van der Waals surface area contributed by atoms with Crippen LogP contribution in [0.15, 0.2) is 0 Å². The van der Waals surface area contributed by atoms with Gasteiger partial charge in [0.15, 0.2) is 0 Å². The minimum absolute atomic E-state index is 0.0231. The zero-order chi connectivity index (χ0) is 6.85. The molecule has 0 saturated heterocycles. The molecule has 1 rings (SSSR count). The van der Waals surface area contributed by atoms with Crippen LogP contribution in [0, 0.1) is 11.3 Å². The first-order valence-electron chi connectivity index (χ1n) is 3.29. The molecular formula is C7H11NO. The van der Waals surface area contributed by atoms with E-state index in [1.54, 1.807) is 6.92 Å². The SMILES string of the molecule is CC(=N)C1CCCC1=O. The number of ketones is 1. The summed E-state index contributed by atoms with van der Waals surface area (Å²) in [6.07, 6.45) is 2.59. The molecule has 1 N–H and O–H groups in total. The summed E-state index contributed by atoms with van der Waals surface area (Å²) < 4.78 is 0. The highest BCUT2D eigenvalue weighted by atomic mass is 16.1. The molecule has 0 aromatic carbocycles. The lowest BCUT2D eigenvalue weighted by atomic mass is 10.0. The quantitative estimate of drug-likeness (QED) is 0.529. The summed E-state index contributed by atoms with van der Waals surface area (Å²) in [5.74, 6) is 0.243. The molecule has 1 aliphatic rings. The van der Waals surface area contributed by atoms with Crippen LogP contribution in [0.25, 0.3) is 0 Å². The van der Waals surface area contributed by atoms with Crippen LogP contribution in [-0.2, 0) is 4.79 Å². The van der Waals surface area contributed by atoms with Crippen LogP contribution in [-0.4, -0.2) is 11.5 Å². The Morgan fingerprint density at radius 1 is 1.78 bits per heavy atom. The molecular weight excluding hydrogens is 114 g/mol. The first-order chi connectivity index (χ1) is 4.22. The zero-order valence-corrected chi connectivity index (χ0v) is 5.61. The fourth-order valence-corrected chi connectivity index (χ4v) is 1.27. The minimum atomic E-state index is -0.0231. The number of carbonyl (C=O) groups is 1. The van der Waals surface area contributed by atoms with E-state index in [2.05, 4.69) is 0 Å². The van der Waals surface area contributed by atoms with Gasteiger partial charge in [-0.15, -0.1) is 0 Å². The van der Waals surface area contributed by atoms with E-state index >= 15 is 0 Å². The van der Waals surface area contributed by atoms with E-state index in [1.807, 2.05) is 0 Å². The third kappa shape index (κ3) is 1.18. The molecule has 1 saturated carbocycles. The second-order valence-corrected chi connectivity index (χ2v) is 2.59. The summed E-state index contributed by atoms with van der Waals surface area (Å²) in [5.41, 5.74) is 0.539. The van der Waals surface area contributed by atoms with E-state index in [4.69, 9.17) is 5.41 Å². The Bertz CT molecular complexity index is 151. The molecule has 0 aromatic rings. The van der Waals surface area contributed by atoms with Gasteiger partial charge in [0.05, 0.1) is 5.92 Å². The van der Waals surface area contributed by atoms with Crippen molar-refractivity contribution in [2.45, 2.75) is 26.2 Å². The average molecular weight is 125 g/mol. The van der Waals surface area contributed by atoms with Gasteiger partial charge in [-0.25, -0.2) is 0 Å². The Hall–Kier alpha value is -0.660. The standard InChI is InChI=1S/C7H11NO/c1-5(8)6-3-2-4-7(6)9/h6,8H,2-4H2,1H3. The van der Waals surface area contributed by atoms with Crippen molar-refractivity contribution < 1.29 is 4.79 Å². The van der Waals surface area contributed by atoms with Gasteiger partial charge in [-0.1, -0.05) is 0 Å². The summed E-state index contributed by atoms with van der Waals surface area (Å²) in [4.78, 5) is 10.9. The van der Waals surface area contributed by atoms with Gasteiger partial charge in [-0.3, -0.25) is 4.79 Å². The van der Waals surface area contributed by atoms with Crippen molar-refractivity contribution in [3.05, 3.63) is 0 Å². The predicted octanol–water partition coefficient (Wildman–Crippen LogP) is 1.40. The number of rotatable bonds is 1. The second kappa shape index (κ2) is 2.29. The van der Waals surface area contributed by atoms with Gasteiger partial charge >= 0.3 is 0 Å². The van der Waals surface area contributed by atoms with Gasteiger partial charge < -0.3 is 5.41 Å². The van der Waals surface area contributed by atoms with Crippen molar-refractivity contribution in [1.82, 2.24) is 0 Å². The maximum absolute atomic E-state index is 10.9. The van der Waals surface area contributed by atoms with Crippen molar-refractivity contribution in [1.29, 1.82) is 5.41 Å². The number of hydrogen-bond acceptors (Lipinski definition) is 2. The maximum Gasteiger partial charge on any atom is 0.141 e. The van der Waals surface area contributed by atoms with Gasteiger partial charge in [0, 0.05) is 12.1 Å². The van der Waals surface area contributed by atoms with Crippen LogP contribution < -0.4 is 0 Å². The summed E-state index contributed by atoms with van der Waals surface area (Å²) >= 11 is 0. The lowest BCUT2D eigenvalue weighted by Crippen LogP contribution is -2.13. The lowest BCUT2D eigenvalue weighted by molar-refractivity contribution is -0.119. The van der Waals surface area contributed by atoms with Crippen molar-refractivity contribution in [2.24, 2.45) is 5.92 Å². The molecule has 1 fully saturated rings. The number of nitrogens with one attached hydrogen (secondary N) is 1. The average Bonchev–Trinajstić information content (AvgIpc) is 2.13. The van der Waals surface area contributed by atoms with E-state index in [-0.39, 0.29) is 11.7 Å². The third-order valence-corrected chi connectivity index (χ3v) is 1.83. The molecule has 2 heteroatoms. The number of carbonyl (C=O) groups excluding carboxylic acids is 1. The van der Waals surface area contributed by atoms with Crippen LogP contribution in [0.5, 0.6) is 0 Å². The van der Waals surface area contributed by atoms with Crippen LogP contribution in [0.4, 0.5) is 0 Å². The molecule has 1 unspecified atom stereocenters. The molecule has 1 aliphatic carbocycles. The Morgan fingerprint density at radius 2 is 2.44 bits per heavy atom. The molecule has 0 aliphatic heterocycles. The molecule has 1 atom stereocenters. The van der Waals surface area contributed by atoms with Gasteiger partial charge in [-0.05, 0) is 19.8 Å². The molecule has 0 aromatic heterocycles. The summed E-state index contributed by atoms with van der Waals surface area (Å²) in [6.45, 7) is 1.72. The zero-order valence-electron chi connectivity index (χ0n) is 5.61. The summed E-state index contributed by atoms with van der Waals surface area (Å²) in [6, 6.07) is 0. The fraction of sp³-hybridized carbons (Fsp3) is 0.714. The highest BCUT2D eigenvalue weighted by molar-refractivity contribution is 6.03. The van der Waals surface area contributed by atoms with E-state index in [0.717, 1.165) is 12.8 Å². The van der Waals surface area contributed by atoms with Crippen molar-refractivity contribution in [2.75, 3.05) is 0 Å². The highest BCUT2D eigenvalue weighted by Crippen LogP contribution is 2.21. The van der Waals surface area contributed by atoms with Crippen LogP contribution in [0.1, 0.15) is 26.2 Å². The summed E-state index contributed by atoms with van der Waals surface area (Å²) in [7, 11) is 0.